The number of rotatable bonds is 8. The molecule has 0 saturated carbocycles. The zero-order valence-corrected chi connectivity index (χ0v) is 11.3. The van der Waals surface area contributed by atoms with Gasteiger partial charge in [0, 0.05) is 18.7 Å². The van der Waals surface area contributed by atoms with Gasteiger partial charge in [-0.2, -0.15) is 0 Å². The third kappa shape index (κ3) is 7.04. The van der Waals surface area contributed by atoms with Crippen molar-refractivity contribution in [1.29, 1.82) is 0 Å². The Kier molecular flexibility index (Phi) is 7.06. The number of carbonyl (C=O) groups is 1. The van der Waals surface area contributed by atoms with Gasteiger partial charge in [-0.1, -0.05) is 18.2 Å². The molecule has 0 aliphatic heterocycles. The summed E-state index contributed by atoms with van der Waals surface area (Å²) in [5.41, 5.74) is 0.857. The second-order valence-electron chi connectivity index (χ2n) is 4.57. The van der Waals surface area contributed by atoms with Crippen molar-refractivity contribution in [2.45, 2.75) is 12.8 Å². The van der Waals surface area contributed by atoms with Crippen LogP contribution in [0.25, 0.3) is 0 Å². The Morgan fingerprint density at radius 3 is 2.56 bits per heavy atom. The molecule has 100 valence electrons. The summed E-state index contributed by atoms with van der Waals surface area (Å²) in [5.74, 6) is 0.0568. The normalized spacial score (nSPS) is 10.6. The minimum absolute atomic E-state index is 0.0568. The summed E-state index contributed by atoms with van der Waals surface area (Å²) in [6.45, 7) is 2.76. The first kappa shape index (κ1) is 14.7. The lowest BCUT2D eigenvalue weighted by Gasteiger charge is -2.09. The van der Waals surface area contributed by atoms with Crippen molar-refractivity contribution in [1.82, 2.24) is 10.2 Å². The van der Waals surface area contributed by atoms with E-state index in [9.17, 15) is 4.79 Å². The molecule has 0 spiro atoms. The molecule has 0 aromatic heterocycles. The van der Waals surface area contributed by atoms with Gasteiger partial charge in [0.25, 0.3) is 0 Å². The maximum Gasteiger partial charge on any atom is 0.225 e. The van der Waals surface area contributed by atoms with Gasteiger partial charge >= 0.3 is 0 Å². The Morgan fingerprint density at radius 2 is 1.89 bits per heavy atom. The van der Waals surface area contributed by atoms with Crippen molar-refractivity contribution in [3.8, 4) is 0 Å². The highest BCUT2D eigenvalue weighted by molar-refractivity contribution is 5.90. The number of benzene rings is 1. The molecule has 2 N–H and O–H groups in total. The Bertz CT molecular complexity index is 338. The molecule has 0 saturated heterocycles. The van der Waals surface area contributed by atoms with E-state index in [0.717, 1.165) is 31.7 Å². The van der Waals surface area contributed by atoms with Crippen LogP contribution in [0.4, 0.5) is 5.69 Å². The highest BCUT2D eigenvalue weighted by atomic mass is 16.1. The lowest BCUT2D eigenvalue weighted by molar-refractivity contribution is -0.116. The zero-order chi connectivity index (χ0) is 13.2. The number of hydrogen-bond acceptors (Lipinski definition) is 3. The SMILES string of the molecule is CN(C)CCCNCCC(=O)Nc1ccccc1. The highest BCUT2D eigenvalue weighted by Gasteiger charge is 2.00. The van der Waals surface area contributed by atoms with Gasteiger partial charge in [-0.25, -0.2) is 0 Å². The lowest BCUT2D eigenvalue weighted by Crippen LogP contribution is -2.25. The average molecular weight is 249 g/mol. The van der Waals surface area contributed by atoms with Crippen LogP contribution in [0.15, 0.2) is 30.3 Å². The number of carbonyl (C=O) groups excluding carboxylic acids is 1. The Morgan fingerprint density at radius 1 is 1.17 bits per heavy atom. The number of anilines is 1. The molecular weight excluding hydrogens is 226 g/mol. The molecule has 1 aromatic carbocycles. The van der Waals surface area contributed by atoms with Crippen molar-refractivity contribution >= 4 is 11.6 Å². The largest absolute Gasteiger partial charge is 0.326 e. The Labute approximate surface area is 109 Å². The van der Waals surface area contributed by atoms with Crippen molar-refractivity contribution in [2.75, 3.05) is 39.0 Å². The summed E-state index contributed by atoms with van der Waals surface area (Å²) in [4.78, 5) is 13.8. The lowest BCUT2D eigenvalue weighted by atomic mass is 10.3. The van der Waals surface area contributed by atoms with Gasteiger partial charge in [0.2, 0.25) is 5.91 Å². The summed E-state index contributed by atoms with van der Waals surface area (Å²) < 4.78 is 0. The molecule has 0 aliphatic carbocycles. The number of hydrogen-bond donors (Lipinski definition) is 2. The van der Waals surface area contributed by atoms with Gasteiger partial charge in [-0.05, 0) is 45.7 Å². The zero-order valence-electron chi connectivity index (χ0n) is 11.3. The van der Waals surface area contributed by atoms with E-state index >= 15 is 0 Å². The molecule has 1 rings (SSSR count). The third-order valence-corrected chi connectivity index (χ3v) is 2.55. The smallest absolute Gasteiger partial charge is 0.225 e. The minimum atomic E-state index is 0.0568. The number of nitrogens with one attached hydrogen (secondary N) is 2. The molecule has 0 unspecified atom stereocenters. The molecule has 0 bridgehead atoms. The van der Waals surface area contributed by atoms with Crippen molar-refractivity contribution < 1.29 is 4.79 Å². The van der Waals surface area contributed by atoms with E-state index in [-0.39, 0.29) is 5.91 Å². The van der Waals surface area contributed by atoms with Crippen LogP contribution in [0, 0.1) is 0 Å². The molecular formula is C14H23N3O. The summed E-state index contributed by atoms with van der Waals surface area (Å²) in [6.07, 6.45) is 1.62. The molecule has 4 heteroatoms. The summed E-state index contributed by atoms with van der Waals surface area (Å²) >= 11 is 0. The molecule has 0 heterocycles. The standard InChI is InChI=1S/C14H23N3O/c1-17(2)12-6-10-15-11-9-14(18)16-13-7-4-3-5-8-13/h3-5,7-8,15H,6,9-12H2,1-2H3,(H,16,18). The number of amides is 1. The van der Waals surface area contributed by atoms with Gasteiger partial charge in [0.1, 0.15) is 0 Å². The van der Waals surface area contributed by atoms with E-state index in [2.05, 4.69) is 29.6 Å². The fourth-order valence-corrected chi connectivity index (χ4v) is 1.59. The molecule has 4 nitrogen and oxygen atoms in total. The van der Waals surface area contributed by atoms with Crippen molar-refractivity contribution in [3.63, 3.8) is 0 Å². The highest BCUT2D eigenvalue weighted by Crippen LogP contribution is 2.04. The quantitative estimate of drug-likeness (QED) is 0.687. The van der Waals surface area contributed by atoms with Crippen LogP contribution in [-0.4, -0.2) is 44.5 Å². The molecule has 1 aromatic rings. The second kappa shape index (κ2) is 8.66. The van der Waals surface area contributed by atoms with Crippen LogP contribution in [0.1, 0.15) is 12.8 Å². The predicted octanol–water partition coefficient (Wildman–Crippen LogP) is 1.56. The molecule has 1 amide bonds. The van der Waals surface area contributed by atoms with Gasteiger partial charge in [-0.3, -0.25) is 4.79 Å². The maximum absolute atomic E-state index is 11.6. The van der Waals surface area contributed by atoms with Crippen LogP contribution in [0.3, 0.4) is 0 Å². The molecule has 0 radical (unpaired) electrons. The fraction of sp³-hybridized carbons (Fsp3) is 0.500. The first-order valence-electron chi connectivity index (χ1n) is 6.39. The van der Waals surface area contributed by atoms with Gasteiger partial charge in [-0.15, -0.1) is 0 Å². The molecule has 18 heavy (non-hydrogen) atoms. The molecule has 0 fully saturated rings. The van der Waals surface area contributed by atoms with E-state index in [1.54, 1.807) is 0 Å². The predicted molar refractivity (Wildman–Crippen MR) is 75.7 cm³/mol. The van der Waals surface area contributed by atoms with Crippen LogP contribution in [-0.2, 0) is 4.79 Å². The monoisotopic (exact) mass is 249 g/mol. The summed E-state index contributed by atoms with van der Waals surface area (Å²) in [7, 11) is 4.13. The summed E-state index contributed by atoms with van der Waals surface area (Å²) in [5, 5.41) is 6.13. The first-order chi connectivity index (χ1) is 8.68. The van der Waals surface area contributed by atoms with Crippen LogP contribution < -0.4 is 10.6 Å². The van der Waals surface area contributed by atoms with Crippen LogP contribution >= 0.6 is 0 Å². The minimum Gasteiger partial charge on any atom is -0.326 e. The van der Waals surface area contributed by atoms with Crippen LogP contribution in [0.2, 0.25) is 0 Å². The van der Waals surface area contributed by atoms with E-state index < -0.39 is 0 Å². The summed E-state index contributed by atoms with van der Waals surface area (Å²) in [6, 6.07) is 9.54. The Hall–Kier alpha value is -1.39. The topological polar surface area (TPSA) is 44.4 Å². The van der Waals surface area contributed by atoms with E-state index in [0.29, 0.717) is 6.42 Å². The van der Waals surface area contributed by atoms with E-state index in [1.165, 1.54) is 0 Å². The maximum atomic E-state index is 11.6. The van der Waals surface area contributed by atoms with Crippen LogP contribution in [0.5, 0.6) is 0 Å². The van der Waals surface area contributed by atoms with Crippen molar-refractivity contribution in [2.24, 2.45) is 0 Å². The fourth-order valence-electron chi connectivity index (χ4n) is 1.59. The van der Waals surface area contributed by atoms with Crippen molar-refractivity contribution in [3.05, 3.63) is 30.3 Å². The molecule has 0 atom stereocenters. The van der Waals surface area contributed by atoms with E-state index in [4.69, 9.17) is 0 Å². The Balaban J connectivity index is 2.04. The number of para-hydroxylation sites is 1. The second-order valence-corrected chi connectivity index (χ2v) is 4.57. The number of nitrogens with zero attached hydrogens (tertiary/aromatic N) is 1. The van der Waals surface area contributed by atoms with Gasteiger partial charge < -0.3 is 15.5 Å². The van der Waals surface area contributed by atoms with E-state index in [1.807, 2.05) is 30.3 Å². The van der Waals surface area contributed by atoms with Gasteiger partial charge in [0.05, 0.1) is 0 Å². The van der Waals surface area contributed by atoms with Gasteiger partial charge in [0.15, 0.2) is 0 Å². The first-order valence-corrected chi connectivity index (χ1v) is 6.39. The third-order valence-electron chi connectivity index (χ3n) is 2.55. The average Bonchev–Trinajstić information content (AvgIpc) is 2.34. The molecule has 0 aliphatic rings.